The zero-order valence-corrected chi connectivity index (χ0v) is 10.6. The van der Waals surface area contributed by atoms with Gasteiger partial charge in [0.05, 0.1) is 11.9 Å². The van der Waals surface area contributed by atoms with Gasteiger partial charge in [-0.05, 0) is 18.2 Å². The zero-order valence-electron chi connectivity index (χ0n) is 10.6. The first-order valence-corrected chi connectivity index (χ1v) is 6.37. The summed E-state index contributed by atoms with van der Waals surface area (Å²) in [6.07, 6.45) is 5.23. The van der Waals surface area contributed by atoms with Crippen molar-refractivity contribution in [3.8, 4) is 0 Å². The van der Waals surface area contributed by atoms with Gasteiger partial charge >= 0.3 is 0 Å². The molecule has 0 radical (unpaired) electrons. The maximum atomic E-state index is 4.48. The van der Waals surface area contributed by atoms with Crippen molar-refractivity contribution in [3.63, 3.8) is 0 Å². The fourth-order valence-corrected chi connectivity index (χ4v) is 2.03. The van der Waals surface area contributed by atoms with E-state index in [-0.39, 0.29) is 0 Å². The highest BCUT2D eigenvalue weighted by atomic mass is 15.2. The minimum atomic E-state index is 0.583. The molecule has 0 aromatic carbocycles. The predicted octanol–water partition coefficient (Wildman–Crippen LogP) is 1.02. The third-order valence-corrected chi connectivity index (χ3v) is 3.01. The monoisotopic (exact) mass is 256 g/mol. The zero-order chi connectivity index (χ0) is 12.9. The van der Waals surface area contributed by atoms with Crippen LogP contribution in [-0.2, 0) is 0 Å². The number of hydrogen-bond acceptors (Lipinski definition) is 6. The van der Waals surface area contributed by atoms with Gasteiger partial charge in [-0.3, -0.25) is 0 Å². The van der Waals surface area contributed by atoms with E-state index in [0.717, 1.165) is 37.7 Å². The molecule has 6 nitrogen and oxygen atoms in total. The van der Waals surface area contributed by atoms with Crippen LogP contribution in [0.4, 0.5) is 17.5 Å². The first-order chi connectivity index (χ1) is 9.42. The number of anilines is 3. The summed E-state index contributed by atoms with van der Waals surface area (Å²) in [5.74, 6) is 1.60. The topological polar surface area (TPSA) is 66.0 Å². The van der Waals surface area contributed by atoms with Gasteiger partial charge in [-0.15, -0.1) is 0 Å². The molecule has 0 aliphatic carbocycles. The number of aromatic nitrogens is 3. The smallest absolute Gasteiger partial charge is 0.227 e. The Labute approximate surface area is 111 Å². The van der Waals surface area contributed by atoms with Gasteiger partial charge < -0.3 is 15.5 Å². The summed E-state index contributed by atoms with van der Waals surface area (Å²) >= 11 is 0. The number of nitrogens with one attached hydrogen (secondary N) is 2. The summed E-state index contributed by atoms with van der Waals surface area (Å²) in [6, 6.07) is 5.81. The molecule has 3 rings (SSSR count). The lowest BCUT2D eigenvalue weighted by molar-refractivity contribution is 0.585. The van der Waals surface area contributed by atoms with Gasteiger partial charge in [-0.25, -0.2) is 15.0 Å². The quantitative estimate of drug-likeness (QED) is 0.855. The molecule has 0 amide bonds. The molecule has 98 valence electrons. The maximum Gasteiger partial charge on any atom is 0.227 e. The van der Waals surface area contributed by atoms with Crippen LogP contribution in [0.5, 0.6) is 0 Å². The molecule has 19 heavy (non-hydrogen) atoms. The Morgan fingerprint density at radius 2 is 1.84 bits per heavy atom. The standard InChI is InChI=1S/C13H16N6/c1-4-15-13(16-5-1)18-11-2-3-12(17-10-11)19-8-6-14-7-9-19/h1-5,10,14H,6-9H2,(H,15,16,18). The van der Waals surface area contributed by atoms with Gasteiger partial charge in [0.2, 0.25) is 5.95 Å². The molecule has 2 aromatic heterocycles. The highest BCUT2D eigenvalue weighted by Gasteiger charge is 2.11. The van der Waals surface area contributed by atoms with Crippen LogP contribution in [0.1, 0.15) is 0 Å². The van der Waals surface area contributed by atoms with Crippen molar-refractivity contribution in [2.75, 3.05) is 36.4 Å². The molecule has 2 N–H and O–H groups in total. The fourth-order valence-electron chi connectivity index (χ4n) is 2.03. The van der Waals surface area contributed by atoms with Gasteiger partial charge in [0.15, 0.2) is 0 Å². The second-order valence-electron chi connectivity index (χ2n) is 4.34. The summed E-state index contributed by atoms with van der Waals surface area (Å²) in [6.45, 7) is 4.03. The van der Waals surface area contributed by atoms with E-state index in [1.807, 2.05) is 18.3 Å². The SMILES string of the molecule is c1cnc(Nc2ccc(N3CCNCC3)nc2)nc1. The lowest BCUT2D eigenvalue weighted by Crippen LogP contribution is -2.43. The number of piperazine rings is 1. The minimum absolute atomic E-state index is 0.583. The largest absolute Gasteiger partial charge is 0.354 e. The third-order valence-electron chi connectivity index (χ3n) is 3.01. The van der Waals surface area contributed by atoms with E-state index >= 15 is 0 Å². The Kier molecular flexibility index (Phi) is 3.51. The Bertz CT molecular complexity index is 506. The van der Waals surface area contributed by atoms with Crippen LogP contribution in [-0.4, -0.2) is 41.1 Å². The van der Waals surface area contributed by atoms with E-state index in [1.54, 1.807) is 18.5 Å². The first-order valence-electron chi connectivity index (χ1n) is 6.37. The van der Waals surface area contributed by atoms with Crippen LogP contribution in [0.25, 0.3) is 0 Å². The summed E-state index contributed by atoms with van der Waals surface area (Å²) < 4.78 is 0. The van der Waals surface area contributed by atoms with Crippen molar-refractivity contribution in [1.29, 1.82) is 0 Å². The predicted molar refractivity (Wildman–Crippen MR) is 74.6 cm³/mol. The Balaban J connectivity index is 1.68. The molecule has 1 fully saturated rings. The Morgan fingerprint density at radius 1 is 1.05 bits per heavy atom. The Hall–Kier alpha value is -2.21. The van der Waals surface area contributed by atoms with Gasteiger partial charge in [0.1, 0.15) is 5.82 Å². The van der Waals surface area contributed by atoms with E-state index in [4.69, 9.17) is 0 Å². The van der Waals surface area contributed by atoms with Gasteiger partial charge in [0, 0.05) is 38.6 Å². The molecule has 1 aliphatic rings. The van der Waals surface area contributed by atoms with E-state index in [1.165, 1.54) is 0 Å². The Morgan fingerprint density at radius 3 is 2.53 bits per heavy atom. The minimum Gasteiger partial charge on any atom is -0.354 e. The molecule has 6 heteroatoms. The van der Waals surface area contributed by atoms with E-state index < -0.39 is 0 Å². The summed E-state index contributed by atoms with van der Waals surface area (Å²) in [5.41, 5.74) is 0.894. The fraction of sp³-hybridized carbons (Fsp3) is 0.308. The van der Waals surface area contributed by atoms with Crippen molar-refractivity contribution in [1.82, 2.24) is 20.3 Å². The van der Waals surface area contributed by atoms with Crippen LogP contribution in [0, 0.1) is 0 Å². The number of rotatable bonds is 3. The molecule has 1 aliphatic heterocycles. The molecule has 0 bridgehead atoms. The van der Waals surface area contributed by atoms with Crippen LogP contribution < -0.4 is 15.5 Å². The molecule has 1 saturated heterocycles. The normalized spacial score (nSPS) is 15.3. The average molecular weight is 256 g/mol. The summed E-state index contributed by atoms with van der Waals surface area (Å²) in [7, 11) is 0. The second kappa shape index (κ2) is 5.62. The molecule has 3 heterocycles. The summed E-state index contributed by atoms with van der Waals surface area (Å²) in [4.78, 5) is 15.0. The van der Waals surface area contributed by atoms with Crippen molar-refractivity contribution >= 4 is 17.5 Å². The van der Waals surface area contributed by atoms with Crippen molar-refractivity contribution in [3.05, 3.63) is 36.8 Å². The number of hydrogen-bond donors (Lipinski definition) is 2. The van der Waals surface area contributed by atoms with Crippen molar-refractivity contribution in [2.45, 2.75) is 0 Å². The average Bonchev–Trinajstić information content (AvgIpc) is 2.50. The van der Waals surface area contributed by atoms with Gasteiger partial charge in [0.25, 0.3) is 0 Å². The van der Waals surface area contributed by atoms with E-state index in [9.17, 15) is 0 Å². The van der Waals surface area contributed by atoms with Gasteiger partial charge in [-0.2, -0.15) is 0 Å². The second-order valence-corrected chi connectivity index (χ2v) is 4.34. The lowest BCUT2D eigenvalue weighted by Gasteiger charge is -2.28. The van der Waals surface area contributed by atoms with Crippen molar-refractivity contribution in [2.24, 2.45) is 0 Å². The highest BCUT2D eigenvalue weighted by Crippen LogP contribution is 2.16. The van der Waals surface area contributed by atoms with E-state index in [0.29, 0.717) is 5.95 Å². The molecule has 0 unspecified atom stereocenters. The number of nitrogens with zero attached hydrogens (tertiary/aromatic N) is 4. The van der Waals surface area contributed by atoms with Crippen LogP contribution in [0.15, 0.2) is 36.8 Å². The van der Waals surface area contributed by atoms with Crippen LogP contribution >= 0.6 is 0 Å². The summed E-state index contributed by atoms with van der Waals surface area (Å²) in [5, 5.41) is 6.45. The third kappa shape index (κ3) is 2.97. The molecule has 0 atom stereocenters. The van der Waals surface area contributed by atoms with E-state index in [2.05, 4.69) is 30.5 Å². The molecule has 0 spiro atoms. The molecular formula is C13H16N6. The molecule has 2 aromatic rings. The first kappa shape index (κ1) is 11.9. The van der Waals surface area contributed by atoms with Gasteiger partial charge in [-0.1, -0.05) is 0 Å². The maximum absolute atomic E-state index is 4.48. The van der Waals surface area contributed by atoms with Crippen LogP contribution in [0.3, 0.4) is 0 Å². The van der Waals surface area contributed by atoms with Crippen molar-refractivity contribution < 1.29 is 0 Å². The highest BCUT2D eigenvalue weighted by molar-refractivity contribution is 5.54. The lowest BCUT2D eigenvalue weighted by atomic mass is 10.3. The number of pyridine rings is 1. The molecular weight excluding hydrogens is 240 g/mol. The molecule has 0 saturated carbocycles. The van der Waals surface area contributed by atoms with Crippen LogP contribution in [0.2, 0.25) is 0 Å².